The average Bonchev–Trinajstić information content (AvgIpc) is 2.96. The molecule has 0 spiro atoms. The number of halogens is 1. The molecule has 0 aromatic heterocycles. The van der Waals surface area contributed by atoms with Gasteiger partial charge in [0.05, 0.1) is 6.61 Å². The molecule has 1 aliphatic heterocycles. The van der Waals surface area contributed by atoms with Gasteiger partial charge in [-0.15, -0.1) is 0 Å². The van der Waals surface area contributed by atoms with Crippen molar-refractivity contribution in [3.63, 3.8) is 0 Å². The number of hydrogen-bond donors (Lipinski definition) is 1. The molecule has 0 radical (unpaired) electrons. The van der Waals surface area contributed by atoms with Gasteiger partial charge < -0.3 is 10.5 Å². The van der Waals surface area contributed by atoms with Crippen molar-refractivity contribution in [3.05, 3.63) is 28.3 Å². The maximum Gasteiger partial charge on any atom is 0.125 e. The molecule has 116 valence electrons. The Morgan fingerprint density at radius 2 is 2.10 bits per heavy atom. The summed E-state index contributed by atoms with van der Waals surface area (Å²) in [7, 11) is 0. The van der Waals surface area contributed by atoms with E-state index in [-0.39, 0.29) is 5.41 Å². The van der Waals surface area contributed by atoms with Crippen molar-refractivity contribution in [3.8, 4) is 5.75 Å². The van der Waals surface area contributed by atoms with Crippen LogP contribution in [-0.2, 0) is 12.8 Å². The molecule has 1 aromatic carbocycles. The van der Waals surface area contributed by atoms with Crippen molar-refractivity contribution in [1.29, 1.82) is 0 Å². The maximum absolute atomic E-state index is 6.29. The summed E-state index contributed by atoms with van der Waals surface area (Å²) in [6.07, 6.45) is 8.41. The van der Waals surface area contributed by atoms with Gasteiger partial charge in [-0.3, -0.25) is 0 Å². The molecule has 1 heterocycles. The number of benzene rings is 1. The van der Waals surface area contributed by atoms with E-state index in [1.54, 1.807) is 0 Å². The van der Waals surface area contributed by atoms with Crippen LogP contribution in [0.15, 0.2) is 12.1 Å². The van der Waals surface area contributed by atoms with Crippen LogP contribution in [0.1, 0.15) is 50.2 Å². The van der Waals surface area contributed by atoms with Gasteiger partial charge in [0.1, 0.15) is 5.75 Å². The normalized spacial score (nSPS) is 28.2. The fourth-order valence-corrected chi connectivity index (χ4v) is 4.30. The Balaban J connectivity index is 1.82. The largest absolute Gasteiger partial charge is 0.493 e. The number of hydrogen-bond acceptors (Lipinski definition) is 2. The van der Waals surface area contributed by atoms with Crippen LogP contribution in [0.4, 0.5) is 0 Å². The number of ether oxygens (including phenoxy) is 1. The predicted octanol–water partition coefficient (Wildman–Crippen LogP) is 4.36. The standard InChI is InChI=1S/C18H26ClNO/c1-2-13-3-6-18(12-20,7-4-13)11-15-10-16(19)9-14-5-8-21-17(14)15/h9-10,13H,2-8,11-12,20H2,1H3. The van der Waals surface area contributed by atoms with Crippen LogP contribution in [0.3, 0.4) is 0 Å². The van der Waals surface area contributed by atoms with E-state index in [1.807, 2.05) is 0 Å². The van der Waals surface area contributed by atoms with E-state index in [0.717, 1.165) is 42.7 Å². The quantitative estimate of drug-likeness (QED) is 0.897. The van der Waals surface area contributed by atoms with Crippen molar-refractivity contribution in [2.75, 3.05) is 13.2 Å². The van der Waals surface area contributed by atoms with Crippen molar-refractivity contribution >= 4 is 11.6 Å². The molecule has 3 rings (SSSR count). The molecule has 2 nitrogen and oxygen atoms in total. The molecule has 1 aromatic rings. The molecule has 0 amide bonds. The minimum absolute atomic E-state index is 0.246. The van der Waals surface area contributed by atoms with Gasteiger partial charge in [-0.1, -0.05) is 24.9 Å². The fraction of sp³-hybridized carbons (Fsp3) is 0.667. The zero-order valence-corrected chi connectivity index (χ0v) is 13.7. The zero-order chi connectivity index (χ0) is 14.9. The zero-order valence-electron chi connectivity index (χ0n) is 13.0. The van der Waals surface area contributed by atoms with Gasteiger partial charge in [0.25, 0.3) is 0 Å². The topological polar surface area (TPSA) is 35.2 Å². The molecule has 0 saturated heterocycles. The van der Waals surface area contributed by atoms with Gasteiger partial charge in [0, 0.05) is 11.4 Å². The van der Waals surface area contributed by atoms with Crippen LogP contribution in [0, 0.1) is 11.3 Å². The molecular weight excluding hydrogens is 282 g/mol. The smallest absolute Gasteiger partial charge is 0.125 e. The van der Waals surface area contributed by atoms with E-state index in [0.29, 0.717) is 0 Å². The Labute approximate surface area is 133 Å². The second-order valence-electron chi connectivity index (χ2n) is 6.88. The molecule has 1 aliphatic carbocycles. The lowest BCUT2D eigenvalue weighted by atomic mass is 9.67. The summed E-state index contributed by atoms with van der Waals surface area (Å²) in [6, 6.07) is 4.14. The van der Waals surface area contributed by atoms with Crippen molar-refractivity contribution < 1.29 is 4.74 Å². The average molecular weight is 308 g/mol. The number of fused-ring (bicyclic) bond motifs is 1. The molecule has 1 saturated carbocycles. The summed E-state index contributed by atoms with van der Waals surface area (Å²) in [5, 5.41) is 0.837. The molecule has 0 unspecified atom stereocenters. The highest BCUT2D eigenvalue weighted by molar-refractivity contribution is 6.30. The first-order valence-electron chi connectivity index (χ1n) is 8.30. The molecule has 0 bridgehead atoms. The lowest BCUT2D eigenvalue weighted by molar-refractivity contribution is 0.152. The van der Waals surface area contributed by atoms with Crippen molar-refractivity contribution in [2.45, 2.75) is 51.9 Å². The van der Waals surface area contributed by atoms with Crippen molar-refractivity contribution in [2.24, 2.45) is 17.1 Å². The van der Waals surface area contributed by atoms with Crippen LogP contribution in [0.5, 0.6) is 5.75 Å². The summed E-state index contributed by atoms with van der Waals surface area (Å²) in [4.78, 5) is 0. The molecule has 21 heavy (non-hydrogen) atoms. The Morgan fingerprint density at radius 3 is 2.76 bits per heavy atom. The van der Waals surface area contributed by atoms with Gasteiger partial charge in [-0.2, -0.15) is 0 Å². The summed E-state index contributed by atoms with van der Waals surface area (Å²) in [6.45, 7) is 3.86. The number of nitrogens with two attached hydrogens (primary N) is 1. The molecule has 3 heteroatoms. The molecular formula is C18H26ClNO. The second kappa shape index (κ2) is 6.18. The molecule has 2 aliphatic rings. The number of rotatable bonds is 4. The molecule has 1 fully saturated rings. The fourth-order valence-electron chi connectivity index (χ4n) is 4.03. The van der Waals surface area contributed by atoms with Gasteiger partial charge in [-0.25, -0.2) is 0 Å². The SMILES string of the molecule is CCC1CCC(CN)(Cc2cc(Cl)cc3c2OCC3)CC1. The monoisotopic (exact) mass is 307 g/mol. The van der Waals surface area contributed by atoms with E-state index in [4.69, 9.17) is 22.1 Å². The highest BCUT2D eigenvalue weighted by Gasteiger charge is 2.35. The van der Waals surface area contributed by atoms with Crippen LogP contribution in [0.25, 0.3) is 0 Å². The van der Waals surface area contributed by atoms with E-state index in [2.05, 4.69) is 19.1 Å². The minimum atomic E-state index is 0.246. The third kappa shape index (κ3) is 3.07. The Morgan fingerprint density at radius 1 is 1.33 bits per heavy atom. The van der Waals surface area contributed by atoms with Crippen LogP contribution in [0.2, 0.25) is 5.02 Å². The Bertz CT molecular complexity index is 506. The molecule has 0 atom stereocenters. The highest BCUT2D eigenvalue weighted by atomic mass is 35.5. The van der Waals surface area contributed by atoms with E-state index < -0.39 is 0 Å². The summed E-state index contributed by atoms with van der Waals surface area (Å²) in [5.41, 5.74) is 8.97. The Kier molecular flexibility index (Phi) is 4.46. The van der Waals surface area contributed by atoms with Gasteiger partial charge in [0.2, 0.25) is 0 Å². The predicted molar refractivity (Wildman–Crippen MR) is 88.1 cm³/mol. The first kappa shape index (κ1) is 15.2. The van der Waals surface area contributed by atoms with Gasteiger partial charge in [-0.05, 0) is 73.2 Å². The first-order valence-corrected chi connectivity index (χ1v) is 8.68. The third-order valence-electron chi connectivity index (χ3n) is 5.57. The van der Waals surface area contributed by atoms with E-state index in [9.17, 15) is 0 Å². The van der Waals surface area contributed by atoms with Gasteiger partial charge in [0.15, 0.2) is 0 Å². The highest BCUT2D eigenvalue weighted by Crippen LogP contribution is 2.44. The maximum atomic E-state index is 6.29. The summed E-state index contributed by atoms with van der Waals surface area (Å²) >= 11 is 6.29. The van der Waals surface area contributed by atoms with E-state index in [1.165, 1.54) is 43.2 Å². The summed E-state index contributed by atoms with van der Waals surface area (Å²) in [5.74, 6) is 1.98. The first-order chi connectivity index (χ1) is 10.2. The van der Waals surface area contributed by atoms with Gasteiger partial charge >= 0.3 is 0 Å². The van der Waals surface area contributed by atoms with E-state index >= 15 is 0 Å². The second-order valence-corrected chi connectivity index (χ2v) is 7.32. The Hall–Kier alpha value is -0.730. The molecule has 2 N–H and O–H groups in total. The summed E-state index contributed by atoms with van der Waals surface area (Å²) < 4.78 is 5.86. The minimum Gasteiger partial charge on any atom is -0.493 e. The third-order valence-corrected chi connectivity index (χ3v) is 5.79. The lowest BCUT2D eigenvalue weighted by Gasteiger charge is -2.39. The van der Waals surface area contributed by atoms with Crippen LogP contribution in [-0.4, -0.2) is 13.2 Å². The van der Waals surface area contributed by atoms with Crippen LogP contribution >= 0.6 is 11.6 Å². The lowest BCUT2D eigenvalue weighted by Crippen LogP contribution is -2.36. The van der Waals surface area contributed by atoms with Crippen molar-refractivity contribution in [1.82, 2.24) is 0 Å². The van der Waals surface area contributed by atoms with Crippen LogP contribution < -0.4 is 10.5 Å².